The summed E-state index contributed by atoms with van der Waals surface area (Å²) < 4.78 is 43.1. The third-order valence-corrected chi connectivity index (χ3v) is 7.03. The van der Waals surface area contributed by atoms with E-state index < -0.39 is 10.0 Å². The lowest BCUT2D eigenvalue weighted by molar-refractivity contribution is 0.0730. The molecule has 1 aliphatic rings. The molecule has 0 unspecified atom stereocenters. The summed E-state index contributed by atoms with van der Waals surface area (Å²) in [6, 6.07) is 11.5. The predicted molar refractivity (Wildman–Crippen MR) is 123 cm³/mol. The van der Waals surface area contributed by atoms with Crippen molar-refractivity contribution >= 4 is 21.9 Å². The van der Waals surface area contributed by atoms with E-state index in [4.69, 9.17) is 14.2 Å². The van der Waals surface area contributed by atoms with Gasteiger partial charge in [0.1, 0.15) is 0 Å². The van der Waals surface area contributed by atoms with Crippen molar-refractivity contribution in [2.75, 3.05) is 40.0 Å². The van der Waals surface area contributed by atoms with Crippen LogP contribution in [-0.4, -0.2) is 58.5 Å². The smallest absolute Gasteiger partial charge is 0.243 e. The first kappa shape index (κ1) is 24.0. The zero-order valence-electron chi connectivity index (χ0n) is 18.5. The molecule has 172 valence electrons. The van der Waals surface area contributed by atoms with Gasteiger partial charge in [0.2, 0.25) is 10.0 Å². The molecule has 8 heteroatoms. The van der Waals surface area contributed by atoms with Crippen molar-refractivity contribution in [1.82, 2.24) is 4.31 Å². The van der Waals surface area contributed by atoms with Gasteiger partial charge in [-0.1, -0.05) is 25.5 Å². The number of carbonyl (C=O) groups excluding carboxylic acids is 1. The van der Waals surface area contributed by atoms with Crippen LogP contribution in [0.5, 0.6) is 11.5 Å². The SMILES string of the molecule is CCCCOc1ccc(/C=C/C(=O)c2ccc(S(=O)(=O)N3CCOCC3)cc2)cc1OC. The summed E-state index contributed by atoms with van der Waals surface area (Å²) in [5.74, 6) is 1.05. The summed E-state index contributed by atoms with van der Waals surface area (Å²) in [5.41, 5.74) is 1.21. The highest BCUT2D eigenvalue weighted by Crippen LogP contribution is 2.29. The lowest BCUT2D eigenvalue weighted by atomic mass is 10.1. The van der Waals surface area contributed by atoms with Gasteiger partial charge in [-0.25, -0.2) is 8.42 Å². The second kappa shape index (κ2) is 11.3. The van der Waals surface area contributed by atoms with E-state index in [0.717, 1.165) is 18.4 Å². The molecule has 3 rings (SSSR count). The number of methoxy groups -OCH3 is 1. The molecule has 0 N–H and O–H groups in total. The number of hydrogen-bond donors (Lipinski definition) is 0. The van der Waals surface area contributed by atoms with Gasteiger partial charge in [-0.05, 0) is 54.5 Å². The molecule has 0 amide bonds. The van der Waals surface area contributed by atoms with Gasteiger partial charge in [-0.15, -0.1) is 0 Å². The molecule has 0 atom stereocenters. The van der Waals surface area contributed by atoms with Gasteiger partial charge in [0.05, 0.1) is 31.8 Å². The van der Waals surface area contributed by atoms with Crippen LogP contribution >= 0.6 is 0 Å². The van der Waals surface area contributed by atoms with Gasteiger partial charge in [0.25, 0.3) is 0 Å². The topological polar surface area (TPSA) is 82.1 Å². The molecular weight excluding hydrogens is 430 g/mol. The van der Waals surface area contributed by atoms with Gasteiger partial charge >= 0.3 is 0 Å². The van der Waals surface area contributed by atoms with Crippen LogP contribution in [-0.2, 0) is 14.8 Å². The Morgan fingerprint density at radius 3 is 2.47 bits per heavy atom. The Labute approximate surface area is 189 Å². The van der Waals surface area contributed by atoms with Crippen molar-refractivity contribution in [2.24, 2.45) is 0 Å². The summed E-state index contributed by atoms with van der Waals surface area (Å²) >= 11 is 0. The number of carbonyl (C=O) groups is 1. The van der Waals surface area contributed by atoms with E-state index in [1.165, 1.54) is 34.6 Å². The van der Waals surface area contributed by atoms with Crippen LogP contribution in [0, 0.1) is 0 Å². The van der Waals surface area contributed by atoms with Crippen LogP contribution in [0.3, 0.4) is 0 Å². The largest absolute Gasteiger partial charge is 0.493 e. The number of ether oxygens (including phenoxy) is 3. The summed E-state index contributed by atoms with van der Waals surface area (Å²) in [7, 11) is -2.01. The van der Waals surface area contributed by atoms with E-state index in [1.807, 2.05) is 18.2 Å². The zero-order chi connectivity index (χ0) is 23.0. The van der Waals surface area contributed by atoms with Gasteiger partial charge < -0.3 is 14.2 Å². The van der Waals surface area contributed by atoms with Gasteiger partial charge in [-0.3, -0.25) is 4.79 Å². The van der Waals surface area contributed by atoms with Crippen LogP contribution in [0.15, 0.2) is 53.4 Å². The van der Waals surface area contributed by atoms with Crippen molar-refractivity contribution in [3.8, 4) is 11.5 Å². The van der Waals surface area contributed by atoms with Crippen LogP contribution < -0.4 is 9.47 Å². The third kappa shape index (κ3) is 5.97. The Hall–Kier alpha value is -2.68. The van der Waals surface area contributed by atoms with Crippen molar-refractivity contribution < 1.29 is 27.4 Å². The number of ketones is 1. The fourth-order valence-electron chi connectivity index (χ4n) is 3.23. The number of allylic oxidation sites excluding steroid dienone is 1. The average molecular weight is 460 g/mol. The Morgan fingerprint density at radius 1 is 1.09 bits per heavy atom. The van der Waals surface area contributed by atoms with Crippen LogP contribution in [0.1, 0.15) is 35.7 Å². The highest BCUT2D eigenvalue weighted by molar-refractivity contribution is 7.89. The highest BCUT2D eigenvalue weighted by Gasteiger charge is 2.26. The number of nitrogens with zero attached hydrogens (tertiary/aromatic N) is 1. The Morgan fingerprint density at radius 2 is 1.81 bits per heavy atom. The molecule has 0 saturated carbocycles. The van der Waals surface area contributed by atoms with E-state index >= 15 is 0 Å². The molecule has 1 aliphatic heterocycles. The molecular formula is C24H29NO6S. The maximum atomic E-state index is 12.7. The van der Waals surface area contributed by atoms with Gasteiger partial charge in [0, 0.05) is 18.7 Å². The molecule has 2 aromatic rings. The summed E-state index contributed by atoms with van der Waals surface area (Å²) in [6.45, 7) is 4.16. The lowest BCUT2D eigenvalue weighted by Crippen LogP contribution is -2.40. The van der Waals surface area contributed by atoms with Crippen LogP contribution in [0.4, 0.5) is 0 Å². The molecule has 1 heterocycles. The quantitative estimate of drug-likeness (QED) is 0.305. The Balaban J connectivity index is 1.67. The van der Waals surface area contributed by atoms with E-state index in [9.17, 15) is 13.2 Å². The zero-order valence-corrected chi connectivity index (χ0v) is 19.3. The number of hydrogen-bond acceptors (Lipinski definition) is 6. The molecule has 0 spiro atoms. The van der Waals surface area contributed by atoms with Crippen molar-refractivity contribution in [3.05, 3.63) is 59.7 Å². The minimum Gasteiger partial charge on any atom is -0.493 e. The van der Waals surface area contributed by atoms with E-state index in [0.29, 0.717) is 50.0 Å². The molecule has 7 nitrogen and oxygen atoms in total. The first-order valence-electron chi connectivity index (χ1n) is 10.7. The highest BCUT2D eigenvalue weighted by atomic mass is 32.2. The third-order valence-electron chi connectivity index (χ3n) is 5.12. The second-order valence-corrected chi connectivity index (χ2v) is 9.29. The maximum absolute atomic E-state index is 12.7. The monoisotopic (exact) mass is 459 g/mol. The molecule has 0 bridgehead atoms. The molecule has 0 radical (unpaired) electrons. The van der Waals surface area contributed by atoms with E-state index in [-0.39, 0.29) is 10.7 Å². The number of unbranched alkanes of at least 4 members (excludes halogenated alkanes) is 1. The van der Waals surface area contributed by atoms with Crippen LogP contribution in [0.25, 0.3) is 6.08 Å². The predicted octanol–water partition coefficient (Wildman–Crippen LogP) is 3.79. The summed E-state index contributed by atoms with van der Waals surface area (Å²) in [6.07, 6.45) is 5.16. The van der Waals surface area contributed by atoms with E-state index in [2.05, 4.69) is 6.92 Å². The standard InChI is InChI=1S/C24H29NO6S/c1-3-4-15-31-23-12-6-19(18-24(23)29-2)5-11-22(26)20-7-9-21(10-8-20)32(27,28)25-13-16-30-17-14-25/h5-12,18H,3-4,13-17H2,1-2H3/b11-5+. The fraction of sp³-hybridized carbons (Fsp3) is 0.375. The fourth-order valence-corrected chi connectivity index (χ4v) is 4.64. The Bertz CT molecular complexity index is 1040. The molecule has 2 aromatic carbocycles. The normalized spacial score (nSPS) is 15.1. The molecule has 0 aliphatic carbocycles. The second-order valence-electron chi connectivity index (χ2n) is 7.35. The summed E-state index contributed by atoms with van der Waals surface area (Å²) in [4.78, 5) is 12.7. The van der Waals surface area contributed by atoms with Crippen molar-refractivity contribution in [1.29, 1.82) is 0 Å². The molecule has 1 saturated heterocycles. The van der Waals surface area contributed by atoms with Crippen LogP contribution in [0.2, 0.25) is 0 Å². The molecule has 32 heavy (non-hydrogen) atoms. The number of rotatable bonds is 10. The minimum absolute atomic E-state index is 0.170. The Kier molecular flexibility index (Phi) is 8.44. The summed E-state index contributed by atoms with van der Waals surface area (Å²) in [5, 5.41) is 0. The number of morpholine rings is 1. The van der Waals surface area contributed by atoms with Gasteiger partial charge in [-0.2, -0.15) is 4.31 Å². The minimum atomic E-state index is -3.58. The number of sulfonamides is 1. The lowest BCUT2D eigenvalue weighted by Gasteiger charge is -2.26. The first-order chi connectivity index (χ1) is 15.5. The average Bonchev–Trinajstić information content (AvgIpc) is 2.83. The first-order valence-corrected chi connectivity index (χ1v) is 12.1. The number of benzene rings is 2. The van der Waals surface area contributed by atoms with E-state index in [1.54, 1.807) is 13.2 Å². The van der Waals surface area contributed by atoms with Crippen molar-refractivity contribution in [3.63, 3.8) is 0 Å². The molecule has 0 aromatic heterocycles. The molecule has 1 fully saturated rings. The van der Waals surface area contributed by atoms with Gasteiger partial charge in [0.15, 0.2) is 17.3 Å². The maximum Gasteiger partial charge on any atom is 0.243 e. The van der Waals surface area contributed by atoms with Crippen molar-refractivity contribution in [2.45, 2.75) is 24.7 Å².